The van der Waals surface area contributed by atoms with Crippen molar-refractivity contribution in [2.45, 2.75) is 25.8 Å². The highest BCUT2D eigenvalue weighted by atomic mass is 16.5. The fourth-order valence-electron chi connectivity index (χ4n) is 1.46. The molecule has 0 aromatic heterocycles. The molecule has 0 heterocycles. The summed E-state index contributed by atoms with van der Waals surface area (Å²) in [7, 11) is 1.65. The summed E-state index contributed by atoms with van der Waals surface area (Å²) in [5.74, 6) is 0.766. The van der Waals surface area contributed by atoms with Crippen molar-refractivity contribution in [2.24, 2.45) is 4.99 Å². The van der Waals surface area contributed by atoms with Crippen LogP contribution in [0.5, 0.6) is 0 Å². The molecule has 0 radical (unpaired) electrons. The first-order valence-electron chi connectivity index (χ1n) is 5.56. The minimum atomic E-state index is 0.119. The molecule has 2 heteroatoms. The fourth-order valence-corrected chi connectivity index (χ4v) is 1.46. The van der Waals surface area contributed by atoms with E-state index in [4.69, 9.17) is 4.74 Å². The number of hydrogen-bond acceptors (Lipinski definition) is 2. The molecule has 0 saturated carbocycles. The maximum atomic E-state index is 5.11. The third kappa shape index (κ3) is 3.89. The van der Waals surface area contributed by atoms with Crippen LogP contribution in [0.2, 0.25) is 0 Å². The third-order valence-electron chi connectivity index (χ3n) is 2.36. The number of hydrogen-bond donors (Lipinski definition) is 0. The van der Waals surface area contributed by atoms with Crippen LogP contribution in [0.15, 0.2) is 47.7 Å². The topological polar surface area (TPSA) is 21.6 Å². The van der Waals surface area contributed by atoms with Gasteiger partial charge in [-0.3, -0.25) is 4.99 Å². The minimum Gasteiger partial charge on any atom is -0.502 e. The van der Waals surface area contributed by atoms with Crippen molar-refractivity contribution >= 4 is 6.21 Å². The second-order valence-electron chi connectivity index (χ2n) is 3.61. The van der Waals surface area contributed by atoms with E-state index in [1.165, 1.54) is 5.56 Å². The Labute approximate surface area is 97.7 Å². The van der Waals surface area contributed by atoms with Gasteiger partial charge in [0.2, 0.25) is 0 Å². The van der Waals surface area contributed by atoms with Crippen LogP contribution in [0.3, 0.4) is 0 Å². The van der Waals surface area contributed by atoms with Gasteiger partial charge in [-0.15, -0.1) is 0 Å². The molecule has 1 aromatic carbocycles. The van der Waals surface area contributed by atoms with Crippen molar-refractivity contribution in [3.8, 4) is 0 Å². The molecule has 2 nitrogen and oxygen atoms in total. The van der Waals surface area contributed by atoms with E-state index in [0.717, 1.165) is 18.6 Å². The first kappa shape index (κ1) is 12.5. The van der Waals surface area contributed by atoms with Crippen molar-refractivity contribution in [1.29, 1.82) is 0 Å². The molecule has 0 aliphatic rings. The van der Waals surface area contributed by atoms with Crippen molar-refractivity contribution < 1.29 is 4.74 Å². The first-order valence-corrected chi connectivity index (χ1v) is 5.56. The SMILES string of the molecule is C=C(CC(N=CCC)c1ccccc1)OC. The molecule has 0 bridgehead atoms. The predicted molar refractivity (Wildman–Crippen MR) is 68.7 cm³/mol. The number of aliphatic imine (C=N–C) groups is 1. The molecule has 1 unspecified atom stereocenters. The Hall–Kier alpha value is -1.57. The normalized spacial score (nSPS) is 12.6. The number of rotatable bonds is 6. The zero-order valence-electron chi connectivity index (χ0n) is 10.0. The van der Waals surface area contributed by atoms with E-state index in [1.54, 1.807) is 7.11 Å². The first-order chi connectivity index (χ1) is 7.77. The molecule has 0 aliphatic carbocycles. The van der Waals surface area contributed by atoms with E-state index >= 15 is 0 Å². The largest absolute Gasteiger partial charge is 0.502 e. The molecule has 0 N–H and O–H groups in total. The molecule has 1 aromatic rings. The van der Waals surface area contributed by atoms with Crippen molar-refractivity contribution in [2.75, 3.05) is 7.11 Å². The van der Waals surface area contributed by atoms with Crippen LogP contribution in [0.1, 0.15) is 31.4 Å². The summed E-state index contributed by atoms with van der Waals surface area (Å²) in [6, 6.07) is 10.4. The Kier molecular flexibility index (Phi) is 5.34. The lowest BCUT2D eigenvalue weighted by atomic mass is 10.0. The number of nitrogens with zero attached hydrogens (tertiary/aromatic N) is 1. The predicted octanol–water partition coefficient (Wildman–Crippen LogP) is 3.76. The Balaban J connectivity index is 2.79. The molecule has 0 aliphatic heterocycles. The van der Waals surface area contributed by atoms with Gasteiger partial charge in [0, 0.05) is 6.42 Å². The van der Waals surface area contributed by atoms with E-state index < -0.39 is 0 Å². The Morgan fingerprint density at radius 2 is 2.12 bits per heavy atom. The van der Waals surface area contributed by atoms with Gasteiger partial charge in [0.05, 0.1) is 18.9 Å². The summed E-state index contributed by atoms with van der Waals surface area (Å²) in [5, 5.41) is 0. The van der Waals surface area contributed by atoms with Crippen LogP contribution in [-0.2, 0) is 4.74 Å². The Morgan fingerprint density at radius 1 is 1.44 bits per heavy atom. The summed E-state index contributed by atoms with van der Waals surface area (Å²) in [4.78, 5) is 4.53. The van der Waals surface area contributed by atoms with Gasteiger partial charge in [-0.2, -0.15) is 0 Å². The summed E-state index contributed by atoms with van der Waals surface area (Å²) < 4.78 is 5.11. The summed E-state index contributed by atoms with van der Waals surface area (Å²) in [5.41, 5.74) is 1.20. The Morgan fingerprint density at radius 3 is 2.69 bits per heavy atom. The summed E-state index contributed by atoms with van der Waals surface area (Å²) in [6.07, 6.45) is 3.63. The van der Waals surface area contributed by atoms with Crippen LogP contribution < -0.4 is 0 Å². The van der Waals surface area contributed by atoms with Crippen LogP contribution in [-0.4, -0.2) is 13.3 Å². The van der Waals surface area contributed by atoms with Gasteiger partial charge in [0.15, 0.2) is 0 Å². The van der Waals surface area contributed by atoms with E-state index in [1.807, 2.05) is 24.4 Å². The standard InChI is InChI=1S/C14H19NO/c1-4-10-15-14(11-12(2)16-3)13-8-6-5-7-9-13/h5-10,14H,2,4,11H2,1,3H3. The van der Waals surface area contributed by atoms with Crippen LogP contribution >= 0.6 is 0 Å². The van der Waals surface area contributed by atoms with E-state index in [9.17, 15) is 0 Å². The van der Waals surface area contributed by atoms with Gasteiger partial charge in [-0.1, -0.05) is 43.8 Å². The lowest BCUT2D eigenvalue weighted by Gasteiger charge is -2.13. The average molecular weight is 217 g/mol. The molecule has 0 amide bonds. The Bertz CT molecular complexity index is 343. The maximum Gasteiger partial charge on any atom is 0.0908 e. The zero-order valence-corrected chi connectivity index (χ0v) is 10.0. The maximum absolute atomic E-state index is 5.11. The smallest absolute Gasteiger partial charge is 0.0908 e. The molecule has 1 rings (SSSR count). The lowest BCUT2D eigenvalue weighted by Crippen LogP contribution is -1.99. The van der Waals surface area contributed by atoms with Gasteiger partial charge in [-0.05, 0) is 18.2 Å². The van der Waals surface area contributed by atoms with E-state index in [2.05, 4.69) is 30.6 Å². The second-order valence-corrected chi connectivity index (χ2v) is 3.61. The van der Waals surface area contributed by atoms with Crippen molar-refractivity contribution in [3.63, 3.8) is 0 Å². The van der Waals surface area contributed by atoms with Gasteiger partial charge in [0.25, 0.3) is 0 Å². The molecule has 1 atom stereocenters. The minimum absolute atomic E-state index is 0.119. The van der Waals surface area contributed by atoms with Gasteiger partial charge >= 0.3 is 0 Å². The van der Waals surface area contributed by atoms with Gasteiger partial charge < -0.3 is 4.74 Å². The molecule has 86 valence electrons. The molecule has 0 spiro atoms. The lowest BCUT2D eigenvalue weighted by molar-refractivity contribution is 0.273. The monoisotopic (exact) mass is 217 g/mol. The summed E-state index contributed by atoms with van der Waals surface area (Å²) in [6.45, 7) is 5.93. The number of ether oxygens (including phenoxy) is 1. The van der Waals surface area contributed by atoms with Gasteiger partial charge in [-0.25, -0.2) is 0 Å². The highest BCUT2D eigenvalue weighted by molar-refractivity contribution is 5.57. The highest BCUT2D eigenvalue weighted by Crippen LogP contribution is 2.24. The fraction of sp³-hybridized carbons (Fsp3) is 0.357. The average Bonchev–Trinajstić information content (AvgIpc) is 2.35. The number of benzene rings is 1. The zero-order chi connectivity index (χ0) is 11.8. The van der Waals surface area contributed by atoms with Crippen LogP contribution in [0, 0.1) is 0 Å². The van der Waals surface area contributed by atoms with E-state index in [0.29, 0.717) is 0 Å². The molecular formula is C14H19NO. The quantitative estimate of drug-likeness (QED) is 0.525. The third-order valence-corrected chi connectivity index (χ3v) is 2.36. The molecule has 16 heavy (non-hydrogen) atoms. The van der Waals surface area contributed by atoms with E-state index in [-0.39, 0.29) is 6.04 Å². The molecule has 0 saturated heterocycles. The van der Waals surface area contributed by atoms with Crippen LogP contribution in [0.25, 0.3) is 0 Å². The summed E-state index contributed by atoms with van der Waals surface area (Å²) >= 11 is 0. The second kappa shape index (κ2) is 6.83. The van der Waals surface area contributed by atoms with Crippen LogP contribution in [0.4, 0.5) is 0 Å². The van der Waals surface area contributed by atoms with Crippen molar-refractivity contribution in [1.82, 2.24) is 0 Å². The number of methoxy groups -OCH3 is 1. The van der Waals surface area contributed by atoms with Crippen molar-refractivity contribution in [3.05, 3.63) is 48.2 Å². The molecular weight excluding hydrogens is 198 g/mol. The molecule has 0 fully saturated rings. The highest BCUT2D eigenvalue weighted by Gasteiger charge is 2.10. The van der Waals surface area contributed by atoms with Gasteiger partial charge in [0.1, 0.15) is 0 Å².